The van der Waals surface area contributed by atoms with Crippen molar-refractivity contribution < 1.29 is 4.79 Å². The maximum Gasteiger partial charge on any atom is 0.224 e. The van der Waals surface area contributed by atoms with E-state index in [4.69, 9.17) is 0 Å². The van der Waals surface area contributed by atoms with Crippen LogP contribution in [0.5, 0.6) is 0 Å². The number of hydrogen-bond donors (Lipinski definition) is 1. The lowest BCUT2D eigenvalue weighted by Crippen LogP contribution is -2.28. The Morgan fingerprint density at radius 1 is 1.17 bits per heavy atom. The van der Waals surface area contributed by atoms with E-state index in [1.165, 1.54) is 23.0 Å². The summed E-state index contributed by atoms with van der Waals surface area (Å²) in [7, 11) is 0. The normalized spacial score (nSPS) is 12.9. The van der Waals surface area contributed by atoms with E-state index < -0.39 is 0 Å². The summed E-state index contributed by atoms with van der Waals surface area (Å²) < 4.78 is 1.68. The highest BCUT2D eigenvalue weighted by Gasteiger charge is 2.19. The third-order valence-electron chi connectivity index (χ3n) is 6.73. The Bertz CT molecular complexity index is 1430. The largest absolute Gasteiger partial charge is 0.367 e. The molecule has 35 heavy (non-hydrogen) atoms. The van der Waals surface area contributed by atoms with Crippen LogP contribution in [0.15, 0.2) is 54.7 Å². The van der Waals surface area contributed by atoms with Gasteiger partial charge >= 0.3 is 0 Å². The first-order valence-electron chi connectivity index (χ1n) is 12.0. The zero-order valence-corrected chi connectivity index (χ0v) is 20.1. The molecule has 1 N–H and O–H groups in total. The van der Waals surface area contributed by atoms with Gasteiger partial charge in [-0.2, -0.15) is 10.4 Å². The second-order valence-corrected chi connectivity index (χ2v) is 9.07. The van der Waals surface area contributed by atoms with Gasteiger partial charge in [-0.25, -0.2) is 9.50 Å². The van der Waals surface area contributed by atoms with Crippen molar-refractivity contribution in [1.29, 1.82) is 5.26 Å². The fourth-order valence-corrected chi connectivity index (χ4v) is 4.93. The fourth-order valence-electron chi connectivity index (χ4n) is 4.93. The van der Waals surface area contributed by atoms with Crippen LogP contribution in [0.1, 0.15) is 46.5 Å². The third kappa shape index (κ3) is 4.60. The summed E-state index contributed by atoms with van der Waals surface area (Å²) in [6.45, 7) is 5.80. The molecule has 1 amide bonds. The molecule has 0 fully saturated rings. The highest BCUT2D eigenvalue weighted by Crippen LogP contribution is 2.31. The molecule has 1 aliphatic heterocycles. The molecule has 0 radical (unpaired) electrons. The Labute approximate surface area is 205 Å². The van der Waals surface area contributed by atoms with Crippen LogP contribution < -0.4 is 10.2 Å². The van der Waals surface area contributed by atoms with Crippen molar-refractivity contribution in [1.82, 2.24) is 14.6 Å². The fraction of sp³-hybridized carbons (Fsp3) is 0.286. The topological polar surface area (TPSA) is 86.3 Å². The first kappa shape index (κ1) is 22.6. The van der Waals surface area contributed by atoms with E-state index in [9.17, 15) is 10.1 Å². The van der Waals surface area contributed by atoms with Crippen LogP contribution >= 0.6 is 0 Å². The second kappa shape index (κ2) is 9.59. The van der Waals surface area contributed by atoms with Crippen LogP contribution in [0.4, 0.5) is 11.4 Å². The highest BCUT2D eigenvalue weighted by atomic mass is 16.1. The van der Waals surface area contributed by atoms with Gasteiger partial charge in [0.05, 0.1) is 6.20 Å². The molecule has 2 aromatic carbocycles. The summed E-state index contributed by atoms with van der Waals surface area (Å²) in [5.74, 6) is -0.0287. The first-order valence-corrected chi connectivity index (χ1v) is 12.0. The maximum absolute atomic E-state index is 12.8. The smallest absolute Gasteiger partial charge is 0.224 e. The van der Waals surface area contributed by atoms with Crippen molar-refractivity contribution in [3.63, 3.8) is 0 Å². The van der Waals surface area contributed by atoms with Gasteiger partial charge < -0.3 is 10.2 Å². The minimum atomic E-state index is -0.0287. The zero-order valence-electron chi connectivity index (χ0n) is 20.1. The first-order chi connectivity index (χ1) is 17.0. The van der Waals surface area contributed by atoms with Crippen molar-refractivity contribution in [3.8, 4) is 6.07 Å². The minimum Gasteiger partial charge on any atom is -0.367 e. The average molecular weight is 465 g/mol. The van der Waals surface area contributed by atoms with Gasteiger partial charge in [-0.05, 0) is 68.0 Å². The molecule has 0 atom stereocenters. The van der Waals surface area contributed by atoms with Crippen LogP contribution in [0.3, 0.4) is 0 Å². The Morgan fingerprint density at radius 3 is 2.80 bits per heavy atom. The number of hydrogen-bond acceptors (Lipinski definition) is 5. The highest BCUT2D eigenvalue weighted by molar-refractivity contribution is 5.91. The van der Waals surface area contributed by atoms with Crippen LogP contribution in [-0.2, 0) is 24.2 Å². The molecule has 7 heteroatoms. The van der Waals surface area contributed by atoms with E-state index in [0.717, 1.165) is 48.6 Å². The molecule has 0 spiro atoms. The van der Waals surface area contributed by atoms with Crippen LogP contribution in [0, 0.1) is 25.2 Å². The summed E-state index contributed by atoms with van der Waals surface area (Å²) in [5, 5.41) is 16.6. The molecule has 0 aliphatic carbocycles. The lowest BCUT2D eigenvalue weighted by Gasteiger charge is -2.31. The molecule has 3 heterocycles. The van der Waals surface area contributed by atoms with Crippen molar-refractivity contribution in [3.05, 3.63) is 88.4 Å². The Kier molecular flexibility index (Phi) is 6.19. The van der Waals surface area contributed by atoms with Gasteiger partial charge in [0.25, 0.3) is 0 Å². The average Bonchev–Trinajstić information content (AvgIpc) is 3.27. The van der Waals surface area contributed by atoms with E-state index in [1.807, 2.05) is 26.0 Å². The maximum atomic E-state index is 12.8. The Hall–Kier alpha value is -4.18. The molecule has 0 unspecified atom stereocenters. The van der Waals surface area contributed by atoms with Gasteiger partial charge in [-0.15, -0.1) is 0 Å². The number of aromatic nitrogens is 3. The molecule has 4 aromatic rings. The van der Waals surface area contributed by atoms with Crippen molar-refractivity contribution in [2.24, 2.45) is 0 Å². The van der Waals surface area contributed by atoms with Crippen LogP contribution in [0.25, 0.3) is 5.65 Å². The van der Waals surface area contributed by atoms with Crippen LogP contribution in [-0.4, -0.2) is 27.0 Å². The number of benzene rings is 2. The summed E-state index contributed by atoms with van der Waals surface area (Å²) in [6.07, 6.45) is 4.56. The minimum absolute atomic E-state index is 0.0287. The molecular weight excluding hydrogens is 436 g/mol. The summed E-state index contributed by atoms with van der Waals surface area (Å²) in [6, 6.07) is 18.9. The molecule has 2 aromatic heterocycles. The number of carbonyl (C=O) groups excluding carboxylic acids is 1. The molecule has 0 saturated carbocycles. The predicted octanol–water partition coefficient (Wildman–Crippen LogP) is 4.74. The molecular formula is C28H28N6O. The predicted molar refractivity (Wildman–Crippen MR) is 136 cm³/mol. The van der Waals surface area contributed by atoms with E-state index in [-0.39, 0.29) is 5.91 Å². The molecule has 1 aliphatic rings. The van der Waals surface area contributed by atoms with E-state index in [2.05, 4.69) is 62.8 Å². The quantitative estimate of drug-likeness (QED) is 0.445. The molecule has 0 bridgehead atoms. The number of nitrogens with zero attached hydrogens (tertiary/aromatic N) is 5. The SMILES string of the molecule is Cc1nc2c(C#N)cnn2c(C)c1CCC(=O)Nc1ccc2c(c1)CCCN2Cc1ccccc1. The van der Waals surface area contributed by atoms with E-state index >= 15 is 0 Å². The number of carbonyl (C=O) groups is 1. The van der Waals surface area contributed by atoms with Crippen LogP contribution in [0.2, 0.25) is 0 Å². The van der Waals surface area contributed by atoms with Gasteiger partial charge in [0.2, 0.25) is 5.91 Å². The van der Waals surface area contributed by atoms with Gasteiger partial charge in [0.1, 0.15) is 11.6 Å². The van der Waals surface area contributed by atoms with Gasteiger partial charge in [0, 0.05) is 42.3 Å². The summed E-state index contributed by atoms with van der Waals surface area (Å²) in [5.41, 5.74) is 8.40. The lowest BCUT2D eigenvalue weighted by atomic mass is 10.00. The molecule has 0 saturated heterocycles. The number of aryl methyl sites for hydroxylation is 3. The number of nitrogens with one attached hydrogen (secondary N) is 1. The van der Waals surface area contributed by atoms with Crippen molar-refractivity contribution in [2.75, 3.05) is 16.8 Å². The number of amides is 1. The van der Waals surface area contributed by atoms with Gasteiger partial charge in [-0.1, -0.05) is 30.3 Å². The van der Waals surface area contributed by atoms with E-state index in [1.54, 1.807) is 4.52 Å². The van der Waals surface area contributed by atoms with Crippen molar-refractivity contribution >= 4 is 22.9 Å². The third-order valence-corrected chi connectivity index (χ3v) is 6.73. The molecule has 176 valence electrons. The monoisotopic (exact) mass is 464 g/mol. The Balaban J connectivity index is 1.26. The van der Waals surface area contributed by atoms with E-state index in [0.29, 0.717) is 24.1 Å². The van der Waals surface area contributed by atoms with Gasteiger partial charge in [-0.3, -0.25) is 4.79 Å². The second-order valence-electron chi connectivity index (χ2n) is 9.07. The van der Waals surface area contributed by atoms with Gasteiger partial charge in [0.15, 0.2) is 5.65 Å². The molecule has 5 rings (SSSR count). The number of fused-ring (bicyclic) bond motifs is 2. The Morgan fingerprint density at radius 2 is 2.00 bits per heavy atom. The lowest BCUT2D eigenvalue weighted by molar-refractivity contribution is -0.116. The standard InChI is InChI=1S/C28H28N6O/c1-19-25(20(2)34-28(31-19)23(16-29)17-30-34)11-13-27(35)32-24-10-12-26-22(15-24)9-6-14-33(26)18-21-7-4-3-5-8-21/h3-5,7-8,10,12,15,17H,6,9,11,13-14,18H2,1-2H3,(H,32,35). The summed E-state index contributed by atoms with van der Waals surface area (Å²) >= 11 is 0. The summed E-state index contributed by atoms with van der Waals surface area (Å²) in [4.78, 5) is 19.8. The van der Waals surface area contributed by atoms with Crippen molar-refractivity contribution in [2.45, 2.75) is 46.1 Å². The number of rotatable bonds is 6. The number of anilines is 2. The molecule has 7 nitrogen and oxygen atoms in total. The number of nitriles is 1. The zero-order chi connectivity index (χ0) is 24.4.